The molecular formula is C11H14N2O6. The summed E-state index contributed by atoms with van der Waals surface area (Å²) in [5, 5.41) is 28.4. The first kappa shape index (κ1) is 13.7. The summed E-state index contributed by atoms with van der Waals surface area (Å²) in [7, 11) is 0. The molecule has 19 heavy (non-hydrogen) atoms. The molecule has 1 aromatic heterocycles. The fraction of sp³-hybridized carbons (Fsp3) is 0.455. The molecule has 0 saturated carbocycles. The maximum Gasteiger partial charge on any atom is 0.330 e. The van der Waals surface area contributed by atoms with Crippen molar-refractivity contribution >= 4 is 6.08 Å². The minimum atomic E-state index is -1.39. The van der Waals surface area contributed by atoms with Gasteiger partial charge >= 0.3 is 5.69 Å². The molecule has 4 N–H and O–H groups in total. The van der Waals surface area contributed by atoms with E-state index in [1.807, 2.05) is 4.98 Å². The highest BCUT2D eigenvalue weighted by Gasteiger charge is 2.43. The summed E-state index contributed by atoms with van der Waals surface area (Å²) < 4.78 is 6.14. The molecule has 0 aromatic carbocycles. The number of nitrogens with one attached hydrogen (secondary N) is 1. The predicted molar refractivity (Wildman–Crippen MR) is 64.4 cm³/mol. The summed E-state index contributed by atoms with van der Waals surface area (Å²) in [6.45, 7) is 2.93. The fourth-order valence-electron chi connectivity index (χ4n) is 1.95. The topological polar surface area (TPSA) is 125 Å². The maximum atomic E-state index is 11.7. The van der Waals surface area contributed by atoms with Gasteiger partial charge in [-0.3, -0.25) is 14.3 Å². The molecule has 4 atom stereocenters. The zero-order valence-electron chi connectivity index (χ0n) is 9.89. The lowest BCUT2D eigenvalue weighted by molar-refractivity contribution is -0.0550. The summed E-state index contributed by atoms with van der Waals surface area (Å²) in [6, 6.07) is 0. The van der Waals surface area contributed by atoms with Crippen LogP contribution in [0, 0.1) is 0 Å². The van der Waals surface area contributed by atoms with Gasteiger partial charge in [0.05, 0.1) is 12.2 Å². The van der Waals surface area contributed by atoms with Crippen LogP contribution in [-0.2, 0) is 4.74 Å². The Hall–Kier alpha value is -1.74. The third kappa shape index (κ3) is 2.26. The van der Waals surface area contributed by atoms with E-state index in [1.165, 1.54) is 12.3 Å². The molecule has 0 aliphatic carbocycles. The van der Waals surface area contributed by atoms with Crippen molar-refractivity contribution in [3.05, 3.63) is 39.2 Å². The number of H-pyrrole nitrogens is 1. The van der Waals surface area contributed by atoms with Crippen molar-refractivity contribution in [3.63, 3.8) is 0 Å². The van der Waals surface area contributed by atoms with Crippen molar-refractivity contribution in [1.29, 1.82) is 0 Å². The van der Waals surface area contributed by atoms with Crippen LogP contribution in [0.4, 0.5) is 0 Å². The lowest BCUT2D eigenvalue weighted by atomic mass is 10.1. The van der Waals surface area contributed by atoms with Crippen LogP contribution >= 0.6 is 0 Å². The average Bonchev–Trinajstić information content (AvgIpc) is 2.67. The van der Waals surface area contributed by atoms with E-state index in [-0.39, 0.29) is 5.56 Å². The minimum Gasteiger partial charge on any atom is -0.394 e. The highest BCUT2D eigenvalue weighted by molar-refractivity contribution is 5.43. The lowest BCUT2D eigenvalue weighted by Crippen LogP contribution is -2.38. The van der Waals surface area contributed by atoms with Gasteiger partial charge in [-0.15, -0.1) is 0 Å². The van der Waals surface area contributed by atoms with Gasteiger partial charge in [0.2, 0.25) is 0 Å². The van der Waals surface area contributed by atoms with E-state index in [0.29, 0.717) is 0 Å². The lowest BCUT2D eigenvalue weighted by Gasteiger charge is -2.17. The van der Waals surface area contributed by atoms with Crippen molar-refractivity contribution in [3.8, 4) is 0 Å². The summed E-state index contributed by atoms with van der Waals surface area (Å²) in [4.78, 5) is 25.1. The Morgan fingerprint density at radius 1 is 1.42 bits per heavy atom. The van der Waals surface area contributed by atoms with Crippen LogP contribution in [0.25, 0.3) is 6.08 Å². The minimum absolute atomic E-state index is 0.123. The number of rotatable bonds is 3. The van der Waals surface area contributed by atoms with E-state index in [2.05, 4.69) is 6.58 Å². The molecular weight excluding hydrogens is 256 g/mol. The summed E-state index contributed by atoms with van der Waals surface area (Å²) in [5.74, 6) is 0. The van der Waals surface area contributed by atoms with Crippen LogP contribution in [0.1, 0.15) is 11.8 Å². The van der Waals surface area contributed by atoms with E-state index in [1.54, 1.807) is 0 Å². The second kappa shape index (κ2) is 5.10. The highest BCUT2D eigenvalue weighted by Crippen LogP contribution is 2.27. The van der Waals surface area contributed by atoms with Gasteiger partial charge in [0.1, 0.15) is 18.3 Å². The van der Waals surface area contributed by atoms with Gasteiger partial charge in [0, 0.05) is 6.20 Å². The third-order valence-corrected chi connectivity index (χ3v) is 3.01. The van der Waals surface area contributed by atoms with Crippen molar-refractivity contribution in [2.45, 2.75) is 24.5 Å². The zero-order chi connectivity index (χ0) is 14.2. The van der Waals surface area contributed by atoms with Crippen LogP contribution in [0.3, 0.4) is 0 Å². The predicted octanol–water partition coefficient (Wildman–Crippen LogP) is -2.21. The number of ether oxygens (including phenoxy) is 1. The summed E-state index contributed by atoms with van der Waals surface area (Å²) in [6.07, 6.45) is -2.47. The highest BCUT2D eigenvalue weighted by atomic mass is 16.6. The Bertz CT molecular complexity index is 592. The van der Waals surface area contributed by atoms with Crippen LogP contribution < -0.4 is 11.2 Å². The van der Waals surface area contributed by atoms with Gasteiger partial charge in [-0.1, -0.05) is 12.7 Å². The Labute approximate surface area is 107 Å². The molecule has 8 nitrogen and oxygen atoms in total. The zero-order valence-corrected chi connectivity index (χ0v) is 9.89. The Kier molecular flexibility index (Phi) is 3.67. The van der Waals surface area contributed by atoms with E-state index in [0.717, 1.165) is 4.57 Å². The SMILES string of the molecule is C=Cc1cn([C@H]2O[C@@H](CO)[C@@H](O)C2O)c(=O)[nH]c1=O. The van der Waals surface area contributed by atoms with Crippen molar-refractivity contribution < 1.29 is 20.1 Å². The first-order valence-electron chi connectivity index (χ1n) is 5.60. The van der Waals surface area contributed by atoms with Crippen molar-refractivity contribution in [2.24, 2.45) is 0 Å². The average molecular weight is 270 g/mol. The van der Waals surface area contributed by atoms with Crippen molar-refractivity contribution in [2.75, 3.05) is 6.61 Å². The maximum absolute atomic E-state index is 11.7. The van der Waals surface area contributed by atoms with Gasteiger partial charge in [-0.2, -0.15) is 0 Å². The van der Waals surface area contributed by atoms with Gasteiger partial charge in [0.25, 0.3) is 5.56 Å². The number of nitrogens with zero attached hydrogens (tertiary/aromatic N) is 1. The Morgan fingerprint density at radius 2 is 2.11 bits per heavy atom. The van der Waals surface area contributed by atoms with Crippen LogP contribution in [0.5, 0.6) is 0 Å². The monoisotopic (exact) mass is 270 g/mol. The molecule has 0 bridgehead atoms. The molecule has 1 unspecified atom stereocenters. The van der Waals surface area contributed by atoms with E-state index in [9.17, 15) is 19.8 Å². The van der Waals surface area contributed by atoms with Gasteiger partial charge in [0.15, 0.2) is 6.23 Å². The molecule has 0 amide bonds. The Balaban J connectivity index is 2.46. The summed E-state index contributed by atoms with van der Waals surface area (Å²) in [5.41, 5.74) is -1.27. The number of hydrogen-bond acceptors (Lipinski definition) is 6. The molecule has 104 valence electrons. The van der Waals surface area contributed by atoms with Crippen LogP contribution in [0.15, 0.2) is 22.4 Å². The molecule has 1 aliphatic heterocycles. The van der Waals surface area contributed by atoms with Crippen LogP contribution in [-0.4, -0.2) is 49.8 Å². The van der Waals surface area contributed by atoms with E-state index in [4.69, 9.17) is 9.84 Å². The molecule has 1 saturated heterocycles. The number of hydrogen-bond donors (Lipinski definition) is 4. The van der Waals surface area contributed by atoms with Crippen LogP contribution in [0.2, 0.25) is 0 Å². The fourth-order valence-corrected chi connectivity index (χ4v) is 1.95. The first-order valence-corrected chi connectivity index (χ1v) is 5.60. The molecule has 0 radical (unpaired) electrons. The largest absolute Gasteiger partial charge is 0.394 e. The molecule has 2 rings (SSSR count). The third-order valence-electron chi connectivity index (χ3n) is 3.01. The molecule has 1 fully saturated rings. The number of aromatic nitrogens is 2. The van der Waals surface area contributed by atoms with Crippen molar-refractivity contribution in [1.82, 2.24) is 9.55 Å². The molecule has 1 aromatic rings. The second-order valence-corrected chi connectivity index (χ2v) is 4.18. The second-order valence-electron chi connectivity index (χ2n) is 4.18. The molecule has 2 heterocycles. The normalized spacial score (nSPS) is 30.5. The number of aromatic amines is 1. The molecule has 0 spiro atoms. The number of aliphatic hydroxyl groups excluding tert-OH is 3. The van der Waals surface area contributed by atoms with E-state index < -0.39 is 42.4 Å². The molecule has 1 aliphatic rings. The smallest absolute Gasteiger partial charge is 0.330 e. The van der Waals surface area contributed by atoms with E-state index >= 15 is 0 Å². The first-order chi connectivity index (χ1) is 8.99. The quantitative estimate of drug-likeness (QED) is 0.493. The Morgan fingerprint density at radius 3 is 2.63 bits per heavy atom. The van der Waals surface area contributed by atoms with Gasteiger partial charge < -0.3 is 20.1 Å². The summed E-state index contributed by atoms with van der Waals surface area (Å²) >= 11 is 0. The molecule has 8 heteroatoms. The van der Waals surface area contributed by atoms with Gasteiger partial charge in [-0.25, -0.2) is 4.79 Å². The number of aliphatic hydroxyl groups is 3. The van der Waals surface area contributed by atoms with Gasteiger partial charge in [-0.05, 0) is 0 Å². The standard InChI is InChI=1S/C11H14N2O6/c1-2-5-3-13(11(18)12-9(5)17)10-8(16)7(15)6(4-14)19-10/h2-3,6-8,10,14-16H,1,4H2,(H,12,17,18)/t6-,7+,8?,10-/m0/s1.